The highest BCUT2D eigenvalue weighted by molar-refractivity contribution is 8.93. The predicted molar refractivity (Wildman–Crippen MR) is 70.8 cm³/mol. The zero-order valence-corrected chi connectivity index (χ0v) is 11.7. The third-order valence-electron chi connectivity index (χ3n) is 2.47. The topological polar surface area (TPSA) is 72.6 Å². The molecule has 7 heteroatoms. The van der Waals surface area contributed by atoms with E-state index in [1.807, 2.05) is 0 Å². The second kappa shape index (κ2) is 5.81. The van der Waals surface area contributed by atoms with Gasteiger partial charge in [0.25, 0.3) is 0 Å². The lowest BCUT2D eigenvalue weighted by molar-refractivity contribution is 0.0730. The number of hydrogen-bond donors (Lipinski definition) is 1. The van der Waals surface area contributed by atoms with E-state index in [2.05, 4.69) is 0 Å². The molecule has 1 aromatic rings. The fraction of sp³-hybridized carbons (Fsp3) is 0.400. The summed E-state index contributed by atoms with van der Waals surface area (Å²) in [5.74, 6) is 0. The highest BCUT2D eigenvalue weighted by Crippen LogP contribution is 2.18. The summed E-state index contributed by atoms with van der Waals surface area (Å²) in [6, 6.07) is 6.34. The first-order chi connectivity index (χ1) is 7.60. The van der Waals surface area contributed by atoms with Crippen LogP contribution in [0.1, 0.15) is 0 Å². The molecule has 1 saturated heterocycles. The Kier molecular flexibility index (Phi) is 4.93. The predicted octanol–water partition coefficient (Wildman–Crippen LogP) is 0.868. The molecule has 96 valence electrons. The van der Waals surface area contributed by atoms with Crippen LogP contribution in [0.5, 0.6) is 0 Å². The van der Waals surface area contributed by atoms with E-state index in [1.165, 1.54) is 10.4 Å². The number of rotatable bonds is 2. The summed E-state index contributed by atoms with van der Waals surface area (Å²) in [6.07, 6.45) is 0. The normalized spacial score (nSPS) is 17.4. The van der Waals surface area contributed by atoms with Gasteiger partial charge in [-0.2, -0.15) is 4.31 Å². The lowest BCUT2D eigenvalue weighted by Gasteiger charge is -2.26. The molecule has 0 amide bonds. The smallest absolute Gasteiger partial charge is 0.243 e. The molecule has 17 heavy (non-hydrogen) atoms. The fourth-order valence-electron chi connectivity index (χ4n) is 1.61. The molecule has 0 aliphatic carbocycles. The van der Waals surface area contributed by atoms with E-state index >= 15 is 0 Å². The van der Waals surface area contributed by atoms with Crippen LogP contribution in [0.3, 0.4) is 0 Å². The van der Waals surface area contributed by atoms with Gasteiger partial charge in [0.05, 0.1) is 18.1 Å². The van der Waals surface area contributed by atoms with Gasteiger partial charge in [-0.1, -0.05) is 6.07 Å². The van der Waals surface area contributed by atoms with Gasteiger partial charge in [-0.25, -0.2) is 8.42 Å². The van der Waals surface area contributed by atoms with E-state index in [-0.39, 0.29) is 21.9 Å². The average Bonchev–Trinajstić information content (AvgIpc) is 2.30. The number of morpholine rings is 1. The first-order valence-electron chi connectivity index (χ1n) is 5.04. The van der Waals surface area contributed by atoms with E-state index in [0.717, 1.165) is 0 Å². The number of nitrogen functional groups attached to an aromatic ring is 1. The summed E-state index contributed by atoms with van der Waals surface area (Å²) in [7, 11) is -3.41. The van der Waals surface area contributed by atoms with Gasteiger partial charge in [0.1, 0.15) is 0 Å². The molecule has 0 unspecified atom stereocenters. The van der Waals surface area contributed by atoms with Crippen LogP contribution in [0.2, 0.25) is 0 Å². The Balaban J connectivity index is 0.00000144. The summed E-state index contributed by atoms with van der Waals surface area (Å²) in [4.78, 5) is 0.245. The Morgan fingerprint density at radius 3 is 2.47 bits per heavy atom. The number of halogens is 1. The van der Waals surface area contributed by atoms with Gasteiger partial charge in [0, 0.05) is 18.8 Å². The Labute approximate surface area is 111 Å². The van der Waals surface area contributed by atoms with Crippen LogP contribution in [0.15, 0.2) is 29.2 Å². The quantitative estimate of drug-likeness (QED) is 0.820. The number of nitrogens with two attached hydrogens (primary N) is 1. The maximum Gasteiger partial charge on any atom is 0.243 e. The van der Waals surface area contributed by atoms with Gasteiger partial charge in [0.15, 0.2) is 0 Å². The fourth-order valence-corrected chi connectivity index (χ4v) is 3.07. The van der Waals surface area contributed by atoms with Crippen LogP contribution in [-0.2, 0) is 14.8 Å². The number of sulfonamides is 1. The van der Waals surface area contributed by atoms with Crippen LogP contribution in [0.25, 0.3) is 0 Å². The molecule has 0 saturated carbocycles. The molecule has 0 spiro atoms. The summed E-state index contributed by atoms with van der Waals surface area (Å²) in [5, 5.41) is 0. The number of nitrogens with zero attached hydrogens (tertiary/aromatic N) is 1. The Bertz CT molecular complexity index is 472. The SMILES string of the molecule is Br.Nc1cccc(S(=O)(=O)N2CCOCC2)c1. The second-order valence-corrected chi connectivity index (χ2v) is 5.53. The molecule has 0 bridgehead atoms. The minimum absolute atomic E-state index is 0. The third-order valence-corrected chi connectivity index (χ3v) is 4.36. The summed E-state index contributed by atoms with van der Waals surface area (Å²) in [6.45, 7) is 1.69. The van der Waals surface area contributed by atoms with Crippen molar-refractivity contribution in [2.75, 3.05) is 32.0 Å². The first kappa shape index (κ1) is 14.4. The highest BCUT2D eigenvalue weighted by atomic mass is 79.9. The molecule has 1 aromatic carbocycles. The van der Waals surface area contributed by atoms with Gasteiger partial charge in [-0.05, 0) is 18.2 Å². The van der Waals surface area contributed by atoms with Crippen molar-refractivity contribution < 1.29 is 13.2 Å². The van der Waals surface area contributed by atoms with Crippen LogP contribution < -0.4 is 5.73 Å². The number of anilines is 1. The van der Waals surface area contributed by atoms with Gasteiger partial charge < -0.3 is 10.5 Å². The van der Waals surface area contributed by atoms with Crippen molar-refractivity contribution >= 4 is 32.7 Å². The van der Waals surface area contributed by atoms with E-state index < -0.39 is 10.0 Å². The van der Waals surface area contributed by atoms with E-state index in [0.29, 0.717) is 32.0 Å². The molecule has 1 aliphatic heterocycles. The van der Waals surface area contributed by atoms with Crippen molar-refractivity contribution in [2.45, 2.75) is 4.90 Å². The Hall–Kier alpha value is -0.630. The van der Waals surface area contributed by atoms with Crippen molar-refractivity contribution in [1.29, 1.82) is 0 Å². The Morgan fingerprint density at radius 2 is 1.88 bits per heavy atom. The first-order valence-corrected chi connectivity index (χ1v) is 6.48. The van der Waals surface area contributed by atoms with Crippen molar-refractivity contribution in [3.05, 3.63) is 24.3 Å². The zero-order valence-electron chi connectivity index (χ0n) is 9.20. The second-order valence-electron chi connectivity index (χ2n) is 3.59. The zero-order chi connectivity index (χ0) is 11.6. The standard InChI is InChI=1S/C10H14N2O3S.BrH/c11-9-2-1-3-10(8-9)16(13,14)12-4-6-15-7-5-12;/h1-3,8H,4-7,11H2;1H. The molecule has 1 heterocycles. The van der Waals surface area contributed by atoms with Crippen LogP contribution in [0.4, 0.5) is 5.69 Å². The van der Waals surface area contributed by atoms with Crippen LogP contribution >= 0.6 is 17.0 Å². The monoisotopic (exact) mass is 322 g/mol. The molecule has 0 radical (unpaired) electrons. The molecule has 0 atom stereocenters. The van der Waals surface area contributed by atoms with Gasteiger partial charge in [0.2, 0.25) is 10.0 Å². The van der Waals surface area contributed by atoms with E-state index in [9.17, 15) is 8.42 Å². The largest absolute Gasteiger partial charge is 0.399 e. The highest BCUT2D eigenvalue weighted by Gasteiger charge is 2.26. The summed E-state index contributed by atoms with van der Waals surface area (Å²) in [5.41, 5.74) is 6.03. The van der Waals surface area contributed by atoms with Crippen molar-refractivity contribution in [3.8, 4) is 0 Å². The molecule has 1 aliphatic rings. The van der Waals surface area contributed by atoms with Crippen LogP contribution in [0, 0.1) is 0 Å². The number of hydrogen-bond acceptors (Lipinski definition) is 4. The molecule has 1 fully saturated rings. The van der Waals surface area contributed by atoms with Crippen LogP contribution in [-0.4, -0.2) is 39.0 Å². The molecule has 0 aromatic heterocycles. The number of ether oxygens (including phenoxy) is 1. The molecule has 2 rings (SSSR count). The van der Waals surface area contributed by atoms with Gasteiger partial charge in [-0.15, -0.1) is 17.0 Å². The molecular weight excluding hydrogens is 308 g/mol. The molecule has 5 nitrogen and oxygen atoms in total. The summed E-state index contributed by atoms with van der Waals surface area (Å²) < 4.78 is 30.9. The van der Waals surface area contributed by atoms with Crippen molar-refractivity contribution in [2.24, 2.45) is 0 Å². The third kappa shape index (κ3) is 3.19. The maximum atomic E-state index is 12.2. The maximum absolute atomic E-state index is 12.2. The van der Waals surface area contributed by atoms with Crippen molar-refractivity contribution in [3.63, 3.8) is 0 Å². The lowest BCUT2D eigenvalue weighted by atomic mass is 10.3. The van der Waals surface area contributed by atoms with E-state index in [4.69, 9.17) is 10.5 Å². The van der Waals surface area contributed by atoms with Crippen molar-refractivity contribution in [1.82, 2.24) is 4.31 Å². The average molecular weight is 323 g/mol. The number of benzene rings is 1. The minimum atomic E-state index is -3.41. The molecule has 2 N–H and O–H groups in total. The Morgan fingerprint density at radius 1 is 1.24 bits per heavy atom. The van der Waals surface area contributed by atoms with E-state index in [1.54, 1.807) is 18.2 Å². The van der Waals surface area contributed by atoms with Gasteiger partial charge >= 0.3 is 0 Å². The minimum Gasteiger partial charge on any atom is -0.399 e. The summed E-state index contributed by atoms with van der Waals surface area (Å²) >= 11 is 0. The lowest BCUT2D eigenvalue weighted by Crippen LogP contribution is -2.40. The molecular formula is C10H15BrN2O3S. The van der Waals surface area contributed by atoms with Gasteiger partial charge in [-0.3, -0.25) is 0 Å².